The van der Waals surface area contributed by atoms with Crippen LogP contribution in [0.2, 0.25) is 0 Å². The van der Waals surface area contributed by atoms with Gasteiger partial charge < -0.3 is 33.4 Å². The largest absolute Gasteiger partial charge is 0.496 e. The van der Waals surface area contributed by atoms with Gasteiger partial charge in [0.15, 0.2) is 11.5 Å². The van der Waals surface area contributed by atoms with Gasteiger partial charge >= 0.3 is 0 Å². The van der Waals surface area contributed by atoms with Crippen molar-refractivity contribution in [1.82, 2.24) is 29.9 Å². The number of piperazine rings is 1. The van der Waals surface area contributed by atoms with Crippen molar-refractivity contribution in [2.45, 2.75) is 26.8 Å². The van der Waals surface area contributed by atoms with Crippen LogP contribution >= 0.6 is 0 Å². The topological polar surface area (TPSA) is 128 Å². The van der Waals surface area contributed by atoms with E-state index in [-0.39, 0.29) is 5.91 Å². The highest BCUT2D eigenvalue weighted by Gasteiger charge is 2.33. The van der Waals surface area contributed by atoms with Gasteiger partial charge in [-0.1, -0.05) is 5.16 Å². The predicted octanol–water partition coefficient (Wildman–Crippen LogP) is 4.29. The predicted molar refractivity (Wildman–Crippen MR) is 166 cm³/mol. The minimum absolute atomic E-state index is 0.0551. The quantitative estimate of drug-likeness (QED) is 0.308. The number of hydrogen-bond donors (Lipinski definition) is 1. The normalized spacial score (nSPS) is 17.2. The van der Waals surface area contributed by atoms with E-state index in [1.54, 1.807) is 7.11 Å². The first-order chi connectivity index (χ1) is 21.9. The summed E-state index contributed by atoms with van der Waals surface area (Å²) >= 11 is 0. The Morgan fingerprint density at radius 3 is 2.44 bits per heavy atom. The molecule has 8 rings (SSSR count). The second-order valence-electron chi connectivity index (χ2n) is 11.8. The number of nitrogens with zero attached hydrogens (tertiary/aromatic N) is 5. The van der Waals surface area contributed by atoms with E-state index >= 15 is 0 Å². The van der Waals surface area contributed by atoms with E-state index in [0.29, 0.717) is 78.1 Å². The van der Waals surface area contributed by atoms with Gasteiger partial charge in [-0.15, -0.1) is 0 Å². The summed E-state index contributed by atoms with van der Waals surface area (Å²) < 4.78 is 29.1. The first kappa shape index (κ1) is 27.8. The third-order valence-electron chi connectivity index (χ3n) is 9.10. The van der Waals surface area contributed by atoms with Crippen LogP contribution in [0.4, 0.5) is 0 Å². The first-order valence-electron chi connectivity index (χ1n) is 15.3. The summed E-state index contributed by atoms with van der Waals surface area (Å²) in [5.41, 5.74) is 6.03. The van der Waals surface area contributed by atoms with Crippen LogP contribution in [0.1, 0.15) is 27.6 Å². The lowest BCUT2D eigenvalue weighted by atomic mass is 9.98. The number of benzene rings is 2. The standard InChI is InChI=1S/C33H34N6O6/c1-17-27(18(2)45-37-17)24-13-25-23(14-26(24)41-4)28-29(34-19(3)35-32(28)36-25)21-5-6-22(31-30(21)43-11-12-44-31)33(40)39-9-7-38(8-10-39)20-15-42-16-20/h5-6,13-14,20H,7-12,15-16H2,1-4H3,(H,34,35,36). The zero-order chi connectivity index (χ0) is 30.8. The molecule has 12 heteroatoms. The zero-order valence-electron chi connectivity index (χ0n) is 25.7. The molecule has 12 nitrogen and oxygen atoms in total. The van der Waals surface area contributed by atoms with Crippen LogP contribution < -0.4 is 14.2 Å². The molecule has 232 valence electrons. The van der Waals surface area contributed by atoms with E-state index in [1.165, 1.54) is 0 Å². The second kappa shape index (κ2) is 10.7. The van der Waals surface area contributed by atoms with Gasteiger partial charge in [0.1, 0.15) is 36.2 Å². The summed E-state index contributed by atoms with van der Waals surface area (Å²) in [4.78, 5) is 31.3. The number of aromatic amines is 1. The summed E-state index contributed by atoms with van der Waals surface area (Å²) in [5, 5.41) is 5.86. The molecule has 1 N–H and O–H groups in total. The molecule has 2 aromatic carbocycles. The summed E-state index contributed by atoms with van der Waals surface area (Å²) in [5.74, 6) is 2.91. The molecule has 0 radical (unpaired) electrons. The van der Waals surface area contributed by atoms with E-state index in [9.17, 15) is 4.79 Å². The van der Waals surface area contributed by atoms with E-state index in [2.05, 4.69) is 15.0 Å². The minimum atomic E-state index is -0.0551. The van der Waals surface area contributed by atoms with Crippen LogP contribution in [0.25, 0.3) is 44.3 Å². The van der Waals surface area contributed by atoms with E-state index in [0.717, 1.165) is 65.0 Å². The number of aryl methyl sites for hydroxylation is 3. The van der Waals surface area contributed by atoms with Crippen molar-refractivity contribution < 1.29 is 28.3 Å². The lowest BCUT2D eigenvalue weighted by molar-refractivity contribution is -0.0746. The van der Waals surface area contributed by atoms with Gasteiger partial charge in [-0.3, -0.25) is 9.69 Å². The van der Waals surface area contributed by atoms with Crippen LogP contribution in [0.15, 0.2) is 28.8 Å². The van der Waals surface area contributed by atoms with Crippen LogP contribution in [-0.4, -0.2) is 102 Å². The highest BCUT2D eigenvalue weighted by molar-refractivity contribution is 6.14. The van der Waals surface area contributed by atoms with Crippen molar-refractivity contribution >= 4 is 27.8 Å². The Kier molecular flexibility index (Phi) is 6.64. The lowest BCUT2D eigenvalue weighted by Gasteiger charge is -2.42. The molecule has 3 aliphatic rings. The van der Waals surface area contributed by atoms with E-state index < -0.39 is 0 Å². The number of methoxy groups -OCH3 is 1. The van der Waals surface area contributed by atoms with Gasteiger partial charge in [0.05, 0.1) is 54.3 Å². The van der Waals surface area contributed by atoms with E-state index in [1.807, 2.05) is 49.9 Å². The van der Waals surface area contributed by atoms with Crippen LogP contribution in [0.5, 0.6) is 17.2 Å². The number of hydrogen-bond acceptors (Lipinski definition) is 10. The SMILES string of the molecule is COc1cc2c(cc1-c1c(C)noc1C)[nH]c1nc(C)nc(-c3ccc(C(=O)N4CCN(C5COC5)CC4)c4c3OCCO4)c12. The van der Waals surface area contributed by atoms with Crippen LogP contribution in [0, 0.1) is 20.8 Å². The van der Waals surface area contributed by atoms with Gasteiger partial charge in [0.2, 0.25) is 0 Å². The third kappa shape index (κ3) is 4.50. The molecular weight excluding hydrogens is 576 g/mol. The van der Waals surface area contributed by atoms with Crippen LogP contribution in [-0.2, 0) is 4.74 Å². The Hall–Kier alpha value is -4.68. The Labute approximate surface area is 259 Å². The highest BCUT2D eigenvalue weighted by atomic mass is 16.6. The second-order valence-corrected chi connectivity index (χ2v) is 11.8. The monoisotopic (exact) mass is 610 g/mol. The third-order valence-corrected chi connectivity index (χ3v) is 9.10. The Morgan fingerprint density at radius 1 is 0.978 bits per heavy atom. The van der Waals surface area contributed by atoms with Gasteiger partial charge in [0.25, 0.3) is 5.91 Å². The molecule has 0 spiro atoms. The molecule has 0 bridgehead atoms. The molecule has 3 aromatic heterocycles. The fraction of sp³-hybridized carbons (Fsp3) is 0.394. The van der Waals surface area contributed by atoms with Gasteiger partial charge in [0, 0.05) is 48.2 Å². The van der Waals surface area contributed by atoms with Crippen molar-refractivity contribution in [3.8, 4) is 39.6 Å². The number of carbonyl (C=O) groups excluding carboxylic acids is 1. The maximum atomic E-state index is 13.8. The number of amides is 1. The van der Waals surface area contributed by atoms with Crippen molar-refractivity contribution in [2.75, 3.05) is 59.7 Å². The number of H-pyrrole nitrogens is 1. The minimum Gasteiger partial charge on any atom is -0.496 e. The summed E-state index contributed by atoms with van der Waals surface area (Å²) in [6, 6.07) is 8.25. The first-order valence-corrected chi connectivity index (χ1v) is 15.3. The molecule has 1 amide bonds. The smallest absolute Gasteiger partial charge is 0.257 e. The molecule has 0 atom stereocenters. The number of ether oxygens (including phenoxy) is 4. The van der Waals surface area contributed by atoms with Gasteiger partial charge in [-0.2, -0.15) is 0 Å². The fourth-order valence-electron chi connectivity index (χ4n) is 6.75. The molecule has 45 heavy (non-hydrogen) atoms. The average molecular weight is 611 g/mol. The van der Waals surface area contributed by atoms with Crippen LogP contribution in [0.3, 0.4) is 0 Å². The molecule has 2 saturated heterocycles. The Balaban J connectivity index is 1.23. The summed E-state index contributed by atoms with van der Waals surface area (Å²) in [6.07, 6.45) is 0. The van der Waals surface area contributed by atoms with Gasteiger partial charge in [-0.05, 0) is 45.0 Å². The number of aromatic nitrogens is 4. The fourth-order valence-corrected chi connectivity index (χ4v) is 6.75. The molecular formula is C33H34N6O6. The Bertz CT molecular complexity index is 1950. The number of nitrogens with one attached hydrogen (secondary N) is 1. The lowest BCUT2D eigenvalue weighted by Crippen LogP contribution is -2.57. The molecule has 6 heterocycles. The number of rotatable bonds is 5. The van der Waals surface area contributed by atoms with Crippen molar-refractivity contribution in [3.05, 3.63) is 47.1 Å². The number of carbonyl (C=O) groups is 1. The summed E-state index contributed by atoms with van der Waals surface area (Å²) in [7, 11) is 1.65. The van der Waals surface area contributed by atoms with Crippen molar-refractivity contribution in [2.24, 2.45) is 0 Å². The molecule has 5 aromatic rings. The summed E-state index contributed by atoms with van der Waals surface area (Å²) in [6.45, 7) is 10.9. The van der Waals surface area contributed by atoms with Gasteiger partial charge in [-0.25, -0.2) is 9.97 Å². The molecule has 0 saturated carbocycles. The van der Waals surface area contributed by atoms with E-state index in [4.69, 9.17) is 33.4 Å². The molecule has 3 aliphatic heterocycles. The number of fused-ring (bicyclic) bond motifs is 4. The highest BCUT2D eigenvalue weighted by Crippen LogP contribution is 2.46. The average Bonchev–Trinajstić information content (AvgIpc) is 3.56. The maximum Gasteiger partial charge on any atom is 0.257 e. The van der Waals surface area contributed by atoms with Crippen molar-refractivity contribution in [1.29, 1.82) is 0 Å². The zero-order valence-corrected chi connectivity index (χ0v) is 25.7. The molecule has 0 unspecified atom stereocenters. The molecule has 0 aliphatic carbocycles. The molecule has 2 fully saturated rings. The Morgan fingerprint density at radius 2 is 1.76 bits per heavy atom. The van der Waals surface area contributed by atoms with Crippen molar-refractivity contribution in [3.63, 3.8) is 0 Å². The maximum absolute atomic E-state index is 13.8.